The second kappa shape index (κ2) is 16.9. The molecule has 56 heavy (non-hydrogen) atoms. The summed E-state index contributed by atoms with van der Waals surface area (Å²) in [4.78, 5) is 35.7. The summed E-state index contributed by atoms with van der Waals surface area (Å²) in [5.41, 5.74) is 1.02. The summed E-state index contributed by atoms with van der Waals surface area (Å²) in [5, 5.41) is 47.1. The van der Waals surface area contributed by atoms with E-state index >= 15 is 0 Å². The van der Waals surface area contributed by atoms with Crippen molar-refractivity contribution in [1.29, 1.82) is 0 Å². The molecule has 5 aliphatic rings. The SMILES string of the molecule is CCCC1O[C@@H]2CC3C4CCC5=CC(=O)C=C[C@]5(C)C4[C@@H](O)C[C@]3(C)[C@]2(C(=O)CO)O1.COc1ccc(CC(C)NCC(O)c2ccc(O)c(NC=O)c2)cc1. The average Bonchev–Trinajstić information content (AvgIpc) is 3.66. The minimum atomic E-state index is -1.20. The van der Waals surface area contributed by atoms with Gasteiger partial charge in [-0.2, -0.15) is 0 Å². The number of carbonyl (C=O) groups excluding carboxylic acids is 3. The number of methoxy groups -OCH3 is 1. The number of amides is 1. The Labute approximate surface area is 329 Å². The molecule has 6 N–H and O–H groups in total. The zero-order valence-electron chi connectivity index (χ0n) is 33.1. The van der Waals surface area contributed by atoms with Crippen LogP contribution in [0.1, 0.15) is 83.5 Å². The van der Waals surface area contributed by atoms with Gasteiger partial charge in [-0.3, -0.25) is 14.4 Å². The first kappa shape index (κ1) is 41.7. The molecule has 12 nitrogen and oxygen atoms in total. The number of fused-ring (bicyclic) bond motifs is 7. The summed E-state index contributed by atoms with van der Waals surface area (Å²) >= 11 is 0. The van der Waals surface area contributed by atoms with Crippen LogP contribution in [0.15, 0.2) is 66.3 Å². The monoisotopic (exact) mass is 774 g/mol. The number of carbonyl (C=O) groups is 3. The summed E-state index contributed by atoms with van der Waals surface area (Å²) in [5.74, 6) is 0.815. The van der Waals surface area contributed by atoms with Gasteiger partial charge in [0.15, 0.2) is 23.5 Å². The topological polar surface area (TPSA) is 184 Å². The lowest BCUT2D eigenvalue weighted by molar-refractivity contribution is -0.200. The number of Topliss-reactive ketones (excluding diaryl/α,β-unsaturated/α-hetero) is 1. The van der Waals surface area contributed by atoms with Gasteiger partial charge in [-0.15, -0.1) is 0 Å². The van der Waals surface area contributed by atoms with Crippen LogP contribution in [0.5, 0.6) is 11.5 Å². The molecule has 0 spiro atoms. The van der Waals surface area contributed by atoms with Crippen molar-refractivity contribution in [2.45, 2.75) is 109 Å². The van der Waals surface area contributed by atoms with Crippen LogP contribution < -0.4 is 15.4 Å². The normalized spacial score (nSPS) is 33.7. The number of phenols is 1. The third-order valence-corrected chi connectivity index (χ3v) is 13.4. The Hall–Kier alpha value is -3.91. The number of hydrogen-bond acceptors (Lipinski definition) is 11. The number of ether oxygens (including phenoxy) is 3. The Morgan fingerprint density at radius 2 is 1.91 bits per heavy atom. The molecule has 0 aromatic heterocycles. The first-order valence-electron chi connectivity index (χ1n) is 19.9. The van der Waals surface area contributed by atoms with Gasteiger partial charge in [0.05, 0.1) is 31.1 Å². The Balaban J connectivity index is 0.000000195. The van der Waals surface area contributed by atoms with Crippen LogP contribution in [0.25, 0.3) is 0 Å². The van der Waals surface area contributed by atoms with Gasteiger partial charge in [0.2, 0.25) is 6.41 Å². The van der Waals surface area contributed by atoms with Crippen LogP contribution >= 0.6 is 0 Å². The van der Waals surface area contributed by atoms with Gasteiger partial charge in [0, 0.05) is 29.3 Å². The van der Waals surface area contributed by atoms with Crippen molar-refractivity contribution in [2.75, 3.05) is 25.6 Å². The zero-order valence-corrected chi connectivity index (χ0v) is 33.1. The molecule has 1 heterocycles. The summed E-state index contributed by atoms with van der Waals surface area (Å²) in [7, 11) is 1.64. The number of nitrogens with one attached hydrogen (secondary N) is 2. The minimum Gasteiger partial charge on any atom is -0.506 e. The quantitative estimate of drug-likeness (QED) is 0.120. The van der Waals surface area contributed by atoms with E-state index in [1.54, 1.807) is 31.4 Å². The predicted octanol–water partition coefficient (Wildman–Crippen LogP) is 4.94. The van der Waals surface area contributed by atoms with E-state index in [2.05, 4.69) is 31.4 Å². The molecule has 4 aliphatic carbocycles. The van der Waals surface area contributed by atoms with Gasteiger partial charge in [-0.1, -0.05) is 57.0 Å². The second-order valence-electron chi connectivity index (χ2n) is 16.6. The highest BCUT2D eigenvalue weighted by molar-refractivity contribution is 6.01. The summed E-state index contributed by atoms with van der Waals surface area (Å²) in [6.07, 6.45) is 8.88. The largest absolute Gasteiger partial charge is 0.506 e. The van der Waals surface area contributed by atoms with Crippen molar-refractivity contribution >= 4 is 23.7 Å². The fourth-order valence-electron chi connectivity index (χ4n) is 10.7. The molecule has 1 saturated heterocycles. The maximum Gasteiger partial charge on any atom is 0.211 e. The molecule has 2 aromatic rings. The first-order chi connectivity index (χ1) is 26.7. The molecule has 304 valence electrons. The van der Waals surface area contributed by atoms with E-state index in [0.29, 0.717) is 37.8 Å². The number of rotatable bonds is 13. The standard InChI is InChI=1S/C25H34O6.C19H24N2O4/c1-4-5-21-30-20-11-17-16-7-6-14-10-15(27)8-9-23(14,2)22(16)18(28)12-24(17,3)25(20,31-21)19(29)13-26;1-13(9-14-3-6-16(25-2)7-4-14)20-11-19(24)15-5-8-18(23)17(10-15)21-12-22/h8-10,16-18,20-22,26,28H,4-7,11-13H2,1-3H3;3-8,10,12-13,19-20,23-24H,9,11H2,1-2H3,(H,21,22)/t16?,17?,18-,20+,21?,22?,23-,24-,25+;/m0./s1. The highest BCUT2D eigenvalue weighted by atomic mass is 16.7. The second-order valence-corrected chi connectivity index (χ2v) is 16.6. The number of anilines is 1. The average molecular weight is 775 g/mol. The van der Waals surface area contributed by atoms with Gasteiger partial charge < -0.3 is 45.3 Å². The third-order valence-electron chi connectivity index (χ3n) is 13.4. The van der Waals surface area contributed by atoms with Gasteiger partial charge in [0.25, 0.3) is 0 Å². The minimum absolute atomic E-state index is 0.0125. The molecule has 1 aliphatic heterocycles. The predicted molar refractivity (Wildman–Crippen MR) is 210 cm³/mol. The lowest BCUT2D eigenvalue weighted by atomic mass is 9.46. The number of aliphatic hydroxyl groups excluding tert-OH is 3. The zero-order chi connectivity index (χ0) is 40.4. The molecule has 0 bridgehead atoms. The molecule has 2 aromatic carbocycles. The van der Waals surface area contributed by atoms with Gasteiger partial charge in [-0.25, -0.2) is 0 Å². The highest BCUT2D eigenvalue weighted by Gasteiger charge is 2.75. The fourth-order valence-corrected chi connectivity index (χ4v) is 10.7. The van der Waals surface area contributed by atoms with Crippen molar-refractivity contribution in [2.24, 2.45) is 28.6 Å². The molecule has 11 atom stereocenters. The number of aromatic hydroxyl groups is 1. The molecule has 1 amide bonds. The van der Waals surface area contributed by atoms with Crippen LogP contribution in [-0.2, 0) is 30.3 Å². The Morgan fingerprint density at radius 1 is 1.16 bits per heavy atom. The van der Waals surface area contributed by atoms with Gasteiger partial charge in [-0.05, 0) is 105 Å². The van der Waals surface area contributed by atoms with E-state index < -0.39 is 42.2 Å². The van der Waals surface area contributed by atoms with Crippen LogP contribution in [0, 0.1) is 28.6 Å². The molecule has 4 fully saturated rings. The Bertz CT molecular complexity index is 1810. The maximum atomic E-state index is 13.2. The van der Waals surface area contributed by atoms with Crippen molar-refractivity contribution in [3.63, 3.8) is 0 Å². The van der Waals surface area contributed by atoms with Crippen molar-refractivity contribution < 1.29 is 49.0 Å². The molecule has 3 saturated carbocycles. The first-order valence-corrected chi connectivity index (χ1v) is 19.9. The van der Waals surface area contributed by atoms with E-state index in [1.807, 2.05) is 37.3 Å². The Morgan fingerprint density at radius 3 is 2.59 bits per heavy atom. The number of benzene rings is 2. The molecule has 12 heteroatoms. The van der Waals surface area contributed by atoms with Gasteiger partial charge >= 0.3 is 0 Å². The van der Waals surface area contributed by atoms with Crippen molar-refractivity contribution in [1.82, 2.24) is 5.32 Å². The van der Waals surface area contributed by atoms with Crippen LogP contribution in [0.4, 0.5) is 5.69 Å². The maximum absolute atomic E-state index is 13.2. The van der Waals surface area contributed by atoms with Crippen molar-refractivity contribution in [3.05, 3.63) is 77.4 Å². The number of ketones is 2. The molecular weight excluding hydrogens is 716 g/mol. The summed E-state index contributed by atoms with van der Waals surface area (Å²) in [6.45, 7) is 8.09. The molecule has 0 radical (unpaired) electrons. The van der Waals surface area contributed by atoms with Crippen LogP contribution in [0.3, 0.4) is 0 Å². The van der Waals surface area contributed by atoms with Gasteiger partial charge in [0.1, 0.15) is 18.1 Å². The van der Waals surface area contributed by atoms with E-state index in [-0.39, 0.29) is 52.2 Å². The molecular formula is C44H58N2O10. The summed E-state index contributed by atoms with van der Waals surface area (Å²) < 4.78 is 17.8. The number of allylic oxidation sites excluding steroid dienone is 4. The fraction of sp³-hybridized carbons (Fsp3) is 0.568. The van der Waals surface area contributed by atoms with E-state index in [9.17, 15) is 34.8 Å². The van der Waals surface area contributed by atoms with Crippen molar-refractivity contribution in [3.8, 4) is 11.5 Å². The molecule has 7 rings (SSSR count). The van der Waals surface area contributed by atoms with Crippen LogP contribution in [0.2, 0.25) is 0 Å². The number of hydrogen-bond donors (Lipinski definition) is 6. The van der Waals surface area contributed by atoms with Crippen LogP contribution in [-0.4, -0.2) is 88.8 Å². The third kappa shape index (κ3) is 7.59. The molecule has 6 unspecified atom stereocenters. The van der Waals surface area contributed by atoms with E-state index in [4.69, 9.17) is 14.2 Å². The summed E-state index contributed by atoms with van der Waals surface area (Å²) in [6, 6.07) is 12.7. The Kier molecular flexibility index (Phi) is 12.6. The lowest BCUT2D eigenvalue weighted by Crippen LogP contribution is -2.63. The highest BCUT2D eigenvalue weighted by Crippen LogP contribution is 2.69. The number of aliphatic hydroxyl groups is 3. The smallest absolute Gasteiger partial charge is 0.211 e. The lowest BCUT2D eigenvalue weighted by Gasteiger charge is -2.59. The number of phenolic OH excluding ortho intramolecular Hbond substituents is 1. The van der Waals surface area contributed by atoms with E-state index in [1.165, 1.54) is 11.6 Å². The van der Waals surface area contributed by atoms with E-state index in [0.717, 1.165) is 37.0 Å².